The minimum atomic E-state index is -0.958. The molecule has 0 saturated heterocycles. The third-order valence-corrected chi connectivity index (χ3v) is 4.42. The Morgan fingerprint density at radius 3 is 2.73 bits per heavy atom. The van der Waals surface area contributed by atoms with Crippen molar-refractivity contribution in [1.82, 2.24) is 19.7 Å². The van der Waals surface area contributed by atoms with Gasteiger partial charge in [0.25, 0.3) is 0 Å². The number of rotatable bonds is 3. The summed E-state index contributed by atoms with van der Waals surface area (Å²) in [4.78, 5) is 20.6. The molecule has 1 aliphatic heterocycles. The Morgan fingerprint density at radius 2 is 2.00 bits per heavy atom. The van der Waals surface area contributed by atoms with Gasteiger partial charge in [-0.05, 0) is 31.2 Å². The highest BCUT2D eigenvalue weighted by molar-refractivity contribution is 6.30. The molecule has 3 aromatic rings. The van der Waals surface area contributed by atoms with Crippen LogP contribution in [0.25, 0.3) is 5.69 Å². The molecule has 0 amide bonds. The Kier molecular flexibility index (Phi) is 4.00. The molecule has 0 aliphatic carbocycles. The molecule has 2 aromatic heterocycles. The molecule has 26 heavy (non-hydrogen) atoms. The Balaban J connectivity index is 1.99. The number of fused-ring (bicyclic) bond motifs is 3. The molecule has 8 heteroatoms. The maximum absolute atomic E-state index is 11.4. The van der Waals surface area contributed by atoms with Gasteiger partial charge in [0.2, 0.25) is 0 Å². The summed E-state index contributed by atoms with van der Waals surface area (Å²) in [6.45, 7) is 1.82. The number of pyridine rings is 1. The quantitative estimate of drug-likeness (QED) is 0.768. The first-order valence-corrected chi connectivity index (χ1v) is 8.35. The first kappa shape index (κ1) is 16.4. The number of hydrogen-bond acceptors (Lipinski definition) is 5. The number of carboxylic acids is 1. The second-order valence-corrected chi connectivity index (χ2v) is 6.35. The van der Waals surface area contributed by atoms with Gasteiger partial charge in [-0.1, -0.05) is 23.7 Å². The van der Waals surface area contributed by atoms with Gasteiger partial charge < -0.3 is 5.11 Å². The summed E-state index contributed by atoms with van der Waals surface area (Å²) in [7, 11) is 0. The van der Waals surface area contributed by atoms with Gasteiger partial charge in [0, 0.05) is 16.8 Å². The van der Waals surface area contributed by atoms with E-state index in [1.54, 1.807) is 18.3 Å². The standard InChI is InChI=1S/C18H14ClN5O2/c1-10-22-23-18-13(9-15(25)26)21-16(11-4-6-12(19)7-5-11)17-14(24(10)18)3-2-8-20-17/h2-8,13H,9H2,1H3,(H,25,26)/t13-/m0/s1. The smallest absolute Gasteiger partial charge is 0.306 e. The molecule has 0 saturated carbocycles. The lowest BCUT2D eigenvalue weighted by Gasteiger charge is -2.11. The van der Waals surface area contributed by atoms with Crippen LogP contribution in [0.5, 0.6) is 0 Å². The van der Waals surface area contributed by atoms with Crippen LogP contribution in [0.3, 0.4) is 0 Å². The molecule has 7 nitrogen and oxygen atoms in total. The second-order valence-electron chi connectivity index (χ2n) is 5.91. The van der Waals surface area contributed by atoms with E-state index in [1.165, 1.54) is 0 Å². The molecule has 0 spiro atoms. The van der Waals surface area contributed by atoms with E-state index in [-0.39, 0.29) is 6.42 Å². The summed E-state index contributed by atoms with van der Waals surface area (Å²) in [6.07, 6.45) is 1.49. The molecule has 0 bridgehead atoms. The molecule has 4 rings (SSSR count). The maximum Gasteiger partial charge on any atom is 0.306 e. The molecule has 0 unspecified atom stereocenters. The van der Waals surface area contributed by atoms with E-state index in [0.717, 1.165) is 11.3 Å². The average Bonchev–Trinajstić information content (AvgIpc) is 2.94. The van der Waals surface area contributed by atoms with Crippen molar-refractivity contribution < 1.29 is 9.90 Å². The van der Waals surface area contributed by atoms with Crippen molar-refractivity contribution in [2.75, 3.05) is 0 Å². The lowest BCUT2D eigenvalue weighted by atomic mass is 10.1. The number of aromatic nitrogens is 4. The SMILES string of the molecule is Cc1nnc2n1-c1cccnc1C(c1ccc(Cl)cc1)=N[C@H]2CC(=O)O. The molecular weight excluding hydrogens is 354 g/mol. The van der Waals surface area contributed by atoms with E-state index in [2.05, 4.69) is 15.2 Å². The average molecular weight is 368 g/mol. The van der Waals surface area contributed by atoms with E-state index in [0.29, 0.717) is 28.1 Å². The van der Waals surface area contributed by atoms with Gasteiger partial charge >= 0.3 is 5.97 Å². The summed E-state index contributed by atoms with van der Waals surface area (Å²) >= 11 is 6.00. The number of hydrogen-bond donors (Lipinski definition) is 1. The van der Waals surface area contributed by atoms with Crippen LogP contribution in [-0.4, -0.2) is 36.5 Å². The number of carbonyl (C=O) groups is 1. The van der Waals surface area contributed by atoms with Crippen molar-refractivity contribution in [3.63, 3.8) is 0 Å². The summed E-state index contributed by atoms with van der Waals surface area (Å²) in [5.41, 5.74) is 2.83. The van der Waals surface area contributed by atoms with E-state index in [9.17, 15) is 9.90 Å². The molecule has 0 radical (unpaired) electrons. The minimum absolute atomic E-state index is 0.191. The topological polar surface area (TPSA) is 93.3 Å². The molecule has 1 aromatic carbocycles. The maximum atomic E-state index is 11.4. The van der Waals surface area contributed by atoms with Gasteiger partial charge in [-0.25, -0.2) is 0 Å². The molecule has 1 atom stereocenters. The second kappa shape index (κ2) is 6.34. The number of nitrogens with zero attached hydrogens (tertiary/aromatic N) is 5. The van der Waals surface area contributed by atoms with Crippen molar-refractivity contribution >= 4 is 23.3 Å². The van der Waals surface area contributed by atoms with Crippen LogP contribution in [0.15, 0.2) is 47.6 Å². The third-order valence-electron chi connectivity index (χ3n) is 4.17. The number of aryl methyl sites for hydroxylation is 1. The van der Waals surface area contributed by atoms with Crippen LogP contribution in [0.2, 0.25) is 5.02 Å². The van der Waals surface area contributed by atoms with Gasteiger partial charge in [0.05, 0.1) is 17.8 Å². The third kappa shape index (κ3) is 2.76. The van der Waals surface area contributed by atoms with Gasteiger partial charge in [-0.3, -0.25) is 19.3 Å². The fraction of sp³-hybridized carbons (Fsp3) is 0.167. The number of aliphatic carboxylic acids is 1. The zero-order valence-corrected chi connectivity index (χ0v) is 14.6. The molecule has 130 valence electrons. The highest BCUT2D eigenvalue weighted by Crippen LogP contribution is 2.31. The van der Waals surface area contributed by atoms with E-state index < -0.39 is 12.0 Å². The van der Waals surface area contributed by atoms with Crippen LogP contribution in [0.1, 0.15) is 35.4 Å². The zero-order valence-electron chi connectivity index (χ0n) is 13.8. The van der Waals surface area contributed by atoms with Crippen LogP contribution in [0.4, 0.5) is 0 Å². The normalized spacial score (nSPS) is 15.6. The van der Waals surface area contributed by atoms with Crippen molar-refractivity contribution in [2.24, 2.45) is 4.99 Å². The first-order valence-electron chi connectivity index (χ1n) is 7.98. The van der Waals surface area contributed by atoms with E-state index >= 15 is 0 Å². The highest BCUT2D eigenvalue weighted by Gasteiger charge is 2.30. The van der Waals surface area contributed by atoms with Crippen LogP contribution in [-0.2, 0) is 4.79 Å². The lowest BCUT2D eigenvalue weighted by molar-refractivity contribution is -0.137. The largest absolute Gasteiger partial charge is 0.481 e. The Bertz CT molecular complexity index is 1030. The van der Waals surface area contributed by atoms with Crippen LogP contribution < -0.4 is 0 Å². The number of aliphatic imine (C=N–C) groups is 1. The van der Waals surface area contributed by atoms with E-state index in [4.69, 9.17) is 16.6 Å². The van der Waals surface area contributed by atoms with Gasteiger partial charge in [-0.2, -0.15) is 0 Å². The summed E-state index contributed by atoms with van der Waals surface area (Å²) in [5.74, 6) is 0.181. The Labute approximate surface area is 154 Å². The molecule has 1 aliphatic rings. The molecular formula is C18H14ClN5O2. The number of benzene rings is 1. The fourth-order valence-corrected chi connectivity index (χ4v) is 3.17. The van der Waals surface area contributed by atoms with Gasteiger partial charge in [-0.15, -0.1) is 10.2 Å². The Morgan fingerprint density at radius 1 is 1.23 bits per heavy atom. The monoisotopic (exact) mass is 367 g/mol. The minimum Gasteiger partial charge on any atom is -0.481 e. The summed E-state index contributed by atoms with van der Waals surface area (Å²) < 4.78 is 1.82. The highest BCUT2D eigenvalue weighted by atomic mass is 35.5. The van der Waals surface area contributed by atoms with E-state index in [1.807, 2.05) is 35.8 Å². The molecule has 3 heterocycles. The van der Waals surface area contributed by atoms with Crippen molar-refractivity contribution in [3.05, 3.63) is 70.5 Å². The van der Waals surface area contributed by atoms with Crippen molar-refractivity contribution in [3.8, 4) is 5.69 Å². The number of halogens is 1. The fourth-order valence-electron chi connectivity index (χ4n) is 3.05. The van der Waals surface area contributed by atoms with Gasteiger partial charge in [0.15, 0.2) is 5.82 Å². The predicted octanol–water partition coefficient (Wildman–Crippen LogP) is 2.99. The summed E-state index contributed by atoms with van der Waals surface area (Å²) in [6, 6.07) is 10.3. The van der Waals surface area contributed by atoms with Gasteiger partial charge in [0.1, 0.15) is 17.6 Å². The van der Waals surface area contributed by atoms with Crippen molar-refractivity contribution in [1.29, 1.82) is 0 Å². The van der Waals surface area contributed by atoms with Crippen LogP contribution >= 0.6 is 11.6 Å². The van der Waals surface area contributed by atoms with Crippen LogP contribution in [0, 0.1) is 6.92 Å². The zero-order chi connectivity index (χ0) is 18.3. The van der Waals surface area contributed by atoms with Crippen molar-refractivity contribution in [2.45, 2.75) is 19.4 Å². The predicted molar refractivity (Wildman–Crippen MR) is 96.0 cm³/mol. The molecule has 0 fully saturated rings. The lowest BCUT2D eigenvalue weighted by Crippen LogP contribution is -2.10. The summed E-state index contributed by atoms with van der Waals surface area (Å²) in [5, 5.41) is 18.2. The molecule has 1 N–H and O–H groups in total. The first-order chi connectivity index (χ1) is 12.5. The number of carboxylic acid groups (broad SMARTS) is 1. The Hall–Kier alpha value is -3.06.